The molecular weight excluding hydrogens is 268 g/mol. The van der Waals surface area contributed by atoms with E-state index in [1.54, 1.807) is 11.1 Å². The van der Waals surface area contributed by atoms with Crippen LogP contribution in [0.5, 0.6) is 0 Å². The monoisotopic (exact) mass is 292 g/mol. The lowest BCUT2D eigenvalue weighted by molar-refractivity contribution is 0.402. The van der Waals surface area contributed by atoms with Crippen molar-refractivity contribution in [3.8, 4) is 0 Å². The molecule has 1 aliphatic carbocycles. The van der Waals surface area contributed by atoms with Gasteiger partial charge in [-0.15, -0.1) is 0 Å². The summed E-state index contributed by atoms with van der Waals surface area (Å²) < 4.78 is 0. The summed E-state index contributed by atoms with van der Waals surface area (Å²) in [4.78, 5) is 4.83. The first kappa shape index (κ1) is 13.8. The van der Waals surface area contributed by atoms with Gasteiger partial charge in [-0.25, -0.2) is 0 Å². The van der Waals surface area contributed by atoms with Gasteiger partial charge in [0.05, 0.1) is 0 Å². The Balaban J connectivity index is 1.74. The molecule has 0 bridgehead atoms. The summed E-state index contributed by atoms with van der Waals surface area (Å²) in [5.41, 5.74) is 5.96. The molecule has 1 aliphatic heterocycles. The van der Waals surface area contributed by atoms with Gasteiger partial charge < -0.3 is 9.80 Å². The molecule has 2 heteroatoms. The van der Waals surface area contributed by atoms with Crippen molar-refractivity contribution >= 4 is 11.4 Å². The molecule has 0 spiro atoms. The average Bonchev–Trinajstić information content (AvgIpc) is 3.32. The first-order valence-corrected chi connectivity index (χ1v) is 8.36. The van der Waals surface area contributed by atoms with Gasteiger partial charge in [0.2, 0.25) is 0 Å². The second-order valence-electron chi connectivity index (χ2n) is 6.87. The number of rotatable bonds is 4. The van der Waals surface area contributed by atoms with Gasteiger partial charge in [-0.1, -0.05) is 36.4 Å². The van der Waals surface area contributed by atoms with Crippen molar-refractivity contribution < 1.29 is 0 Å². The van der Waals surface area contributed by atoms with E-state index in [4.69, 9.17) is 0 Å². The third kappa shape index (κ3) is 2.32. The zero-order valence-electron chi connectivity index (χ0n) is 13.5. The zero-order valence-corrected chi connectivity index (χ0v) is 13.5. The van der Waals surface area contributed by atoms with Gasteiger partial charge >= 0.3 is 0 Å². The van der Waals surface area contributed by atoms with Crippen molar-refractivity contribution in [3.63, 3.8) is 0 Å². The minimum absolute atomic E-state index is 0.733. The molecule has 114 valence electrons. The van der Waals surface area contributed by atoms with Gasteiger partial charge in [0.15, 0.2) is 0 Å². The maximum Gasteiger partial charge on any atom is 0.0446 e. The lowest BCUT2D eigenvalue weighted by Gasteiger charge is -2.28. The van der Waals surface area contributed by atoms with Crippen LogP contribution in [0.15, 0.2) is 48.5 Å². The number of anilines is 2. The summed E-state index contributed by atoms with van der Waals surface area (Å²) in [6.45, 7) is 2.22. The van der Waals surface area contributed by atoms with Gasteiger partial charge in [0, 0.05) is 17.9 Å². The number of fused-ring (bicyclic) bond motifs is 5. The van der Waals surface area contributed by atoms with E-state index in [9.17, 15) is 0 Å². The predicted octanol–water partition coefficient (Wildman–Crippen LogP) is 4.36. The van der Waals surface area contributed by atoms with Crippen LogP contribution in [0.25, 0.3) is 0 Å². The maximum absolute atomic E-state index is 2.56. The normalized spacial score (nSPS) is 21.9. The maximum atomic E-state index is 2.56. The smallest absolute Gasteiger partial charge is 0.0446 e. The Morgan fingerprint density at radius 1 is 0.909 bits per heavy atom. The van der Waals surface area contributed by atoms with Crippen LogP contribution in [-0.4, -0.2) is 32.1 Å². The fourth-order valence-corrected chi connectivity index (χ4v) is 3.89. The summed E-state index contributed by atoms with van der Waals surface area (Å²) in [6, 6.07) is 18.1. The summed E-state index contributed by atoms with van der Waals surface area (Å²) >= 11 is 0. The molecular formula is C20H24N2. The molecule has 2 aromatic rings. The van der Waals surface area contributed by atoms with E-state index in [0.29, 0.717) is 0 Å². The fraction of sp³-hybridized carbons (Fsp3) is 0.400. The van der Waals surface area contributed by atoms with Crippen molar-refractivity contribution in [1.29, 1.82) is 0 Å². The van der Waals surface area contributed by atoms with Gasteiger partial charge in [0.25, 0.3) is 0 Å². The van der Waals surface area contributed by atoms with E-state index in [1.165, 1.54) is 24.2 Å². The van der Waals surface area contributed by atoms with Crippen LogP contribution in [-0.2, 0) is 0 Å². The Morgan fingerprint density at radius 2 is 1.45 bits per heavy atom. The molecule has 2 nitrogen and oxygen atoms in total. The highest BCUT2D eigenvalue weighted by atomic mass is 15.2. The Labute approximate surface area is 133 Å². The molecule has 2 aliphatic rings. The van der Waals surface area contributed by atoms with Crippen LogP contribution in [0, 0.1) is 0 Å². The average molecular weight is 292 g/mol. The highest BCUT2D eigenvalue weighted by Gasteiger charge is 2.44. The largest absolute Gasteiger partial charge is 0.341 e. The second-order valence-corrected chi connectivity index (χ2v) is 6.87. The second kappa shape index (κ2) is 5.44. The van der Waals surface area contributed by atoms with Crippen LogP contribution in [0.2, 0.25) is 0 Å². The highest BCUT2D eigenvalue weighted by Crippen LogP contribution is 2.61. The van der Waals surface area contributed by atoms with Gasteiger partial charge in [-0.05, 0) is 68.6 Å². The predicted molar refractivity (Wildman–Crippen MR) is 93.2 cm³/mol. The first-order valence-electron chi connectivity index (χ1n) is 8.36. The summed E-state index contributed by atoms with van der Waals surface area (Å²) in [5.74, 6) is 1.47. The molecule has 0 radical (unpaired) electrons. The van der Waals surface area contributed by atoms with Crippen LogP contribution in [0.1, 0.15) is 35.8 Å². The first-order chi connectivity index (χ1) is 10.8. The molecule has 0 saturated heterocycles. The van der Waals surface area contributed by atoms with Crippen LogP contribution in [0.3, 0.4) is 0 Å². The molecule has 0 unspecified atom stereocenters. The summed E-state index contributed by atoms with van der Waals surface area (Å²) in [7, 11) is 4.30. The Hall–Kier alpha value is -1.80. The van der Waals surface area contributed by atoms with E-state index in [2.05, 4.69) is 72.4 Å². The molecule has 2 atom stereocenters. The molecule has 1 fully saturated rings. The fourth-order valence-electron chi connectivity index (χ4n) is 3.89. The lowest BCUT2D eigenvalue weighted by Crippen LogP contribution is -2.24. The van der Waals surface area contributed by atoms with Crippen LogP contribution in [0.4, 0.5) is 11.4 Å². The number of hydrogen-bond acceptors (Lipinski definition) is 2. The van der Waals surface area contributed by atoms with Crippen molar-refractivity contribution in [2.24, 2.45) is 0 Å². The van der Waals surface area contributed by atoms with Gasteiger partial charge in [0.1, 0.15) is 0 Å². The van der Waals surface area contributed by atoms with Crippen LogP contribution < -0.4 is 4.90 Å². The molecule has 0 aromatic heterocycles. The summed E-state index contributed by atoms with van der Waals surface area (Å²) in [6.07, 6.45) is 2.50. The van der Waals surface area contributed by atoms with E-state index in [-0.39, 0.29) is 0 Å². The molecule has 0 N–H and O–H groups in total. The van der Waals surface area contributed by atoms with Crippen LogP contribution >= 0.6 is 0 Å². The molecule has 22 heavy (non-hydrogen) atoms. The van der Waals surface area contributed by atoms with Gasteiger partial charge in [-0.3, -0.25) is 0 Å². The molecule has 1 saturated carbocycles. The molecule has 4 rings (SSSR count). The zero-order chi connectivity index (χ0) is 15.1. The Morgan fingerprint density at radius 3 is 2.00 bits per heavy atom. The number of nitrogens with zero attached hydrogens (tertiary/aromatic N) is 2. The topological polar surface area (TPSA) is 6.48 Å². The van der Waals surface area contributed by atoms with Gasteiger partial charge in [-0.2, -0.15) is 0 Å². The third-order valence-corrected chi connectivity index (χ3v) is 5.03. The molecule has 0 amide bonds. The van der Waals surface area contributed by atoms with E-state index in [0.717, 1.165) is 24.9 Å². The quantitative estimate of drug-likeness (QED) is 0.826. The van der Waals surface area contributed by atoms with E-state index < -0.39 is 0 Å². The summed E-state index contributed by atoms with van der Waals surface area (Å²) in [5, 5.41) is 0. The van der Waals surface area contributed by atoms with Crippen molar-refractivity contribution in [1.82, 2.24) is 4.90 Å². The number of hydrogen-bond donors (Lipinski definition) is 0. The standard InChI is InChI=1S/C20H24N2/c1-21(2)12-7-13-22-19-10-5-3-8-15(19)17-14-18(17)16-9-4-6-11-20(16)22/h3-6,8-11,17-18H,7,12-14H2,1-2H3/t17-,18-/m1/s1. The van der Waals surface area contributed by atoms with Crippen molar-refractivity contribution in [2.45, 2.75) is 24.7 Å². The third-order valence-electron chi connectivity index (χ3n) is 5.03. The number of para-hydroxylation sites is 2. The van der Waals surface area contributed by atoms with E-state index >= 15 is 0 Å². The molecule has 1 heterocycles. The Kier molecular flexibility index (Phi) is 3.42. The van der Waals surface area contributed by atoms with E-state index in [1.807, 2.05) is 0 Å². The molecule has 2 aromatic carbocycles. The Bertz CT molecular complexity index is 625. The minimum Gasteiger partial charge on any atom is -0.341 e. The highest BCUT2D eigenvalue weighted by molar-refractivity contribution is 5.74. The minimum atomic E-state index is 0.733. The van der Waals surface area contributed by atoms with Crippen molar-refractivity contribution in [2.75, 3.05) is 32.1 Å². The lowest BCUT2D eigenvalue weighted by atomic mass is 10.0. The van der Waals surface area contributed by atoms with Crippen molar-refractivity contribution in [3.05, 3.63) is 59.7 Å². The number of benzene rings is 2. The SMILES string of the molecule is CN(C)CCCN1c2ccccc2[C@H]2C[C@@H]2c2ccccc21.